The monoisotopic (exact) mass is 209 g/mol. The van der Waals surface area contributed by atoms with Gasteiger partial charge in [-0.2, -0.15) is 5.26 Å². The number of likely N-dealkylation sites (tertiary alicyclic amines) is 1. The van der Waals surface area contributed by atoms with Crippen LogP contribution in [-0.4, -0.2) is 48.9 Å². The topological polar surface area (TPSA) is 47.3 Å². The minimum atomic E-state index is -0.526. The second-order valence-corrected chi connectivity index (χ2v) is 4.35. The predicted molar refractivity (Wildman–Crippen MR) is 58.1 cm³/mol. The number of carbonyl (C=O) groups excluding carboxylic acids is 1. The van der Waals surface area contributed by atoms with Crippen LogP contribution >= 0.6 is 0 Å². The SMILES string of the molecule is CC(C#N)C(=O)N(C)CC1CCCN1C. The van der Waals surface area contributed by atoms with Gasteiger partial charge in [0.2, 0.25) is 5.91 Å². The van der Waals surface area contributed by atoms with Crippen molar-refractivity contribution in [3.05, 3.63) is 0 Å². The second-order valence-electron chi connectivity index (χ2n) is 4.35. The number of rotatable bonds is 3. The normalized spacial score (nSPS) is 23.5. The summed E-state index contributed by atoms with van der Waals surface area (Å²) in [5.74, 6) is -0.598. The highest BCUT2D eigenvalue weighted by Gasteiger charge is 2.25. The van der Waals surface area contributed by atoms with Crippen molar-refractivity contribution in [3.8, 4) is 6.07 Å². The van der Waals surface area contributed by atoms with Crippen molar-refractivity contribution in [1.82, 2.24) is 9.80 Å². The third-order valence-corrected chi connectivity index (χ3v) is 3.10. The van der Waals surface area contributed by atoms with Crippen LogP contribution < -0.4 is 0 Å². The van der Waals surface area contributed by atoms with Gasteiger partial charge < -0.3 is 9.80 Å². The van der Waals surface area contributed by atoms with Crippen LogP contribution in [0.2, 0.25) is 0 Å². The van der Waals surface area contributed by atoms with Crippen LogP contribution in [0.3, 0.4) is 0 Å². The number of nitriles is 1. The summed E-state index contributed by atoms with van der Waals surface area (Å²) in [6, 6.07) is 2.44. The maximum absolute atomic E-state index is 11.7. The molecule has 4 nitrogen and oxygen atoms in total. The molecule has 1 heterocycles. The summed E-state index contributed by atoms with van der Waals surface area (Å²) < 4.78 is 0. The number of nitrogens with zero attached hydrogens (tertiary/aromatic N) is 3. The Hall–Kier alpha value is -1.08. The van der Waals surface area contributed by atoms with Crippen LogP contribution in [0.15, 0.2) is 0 Å². The van der Waals surface area contributed by atoms with Crippen LogP contribution in [-0.2, 0) is 4.79 Å². The molecule has 0 saturated carbocycles. The molecule has 0 radical (unpaired) electrons. The number of carbonyl (C=O) groups is 1. The number of amides is 1. The third kappa shape index (κ3) is 2.93. The van der Waals surface area contributed by atoms with Gasteiger partial charge >= 0.3 is 0 Å². The number of hydrogen-bond acceptors (Lipinski definition) is 3. The smallest absolute Gasteiger partial charge is 0.239 e. The average molecular weight is 209 g/mol. The van der Waals surface area contributed by atoms with Crippen molar-refractivity contribution in [1.29, 1.82) is 5.26 Å². The highest BCUT2D eigenvalue weighted by atomic mass is 16.2. The van der Waals surface area contributed by atoms with E-state index in [4.69, 9.17) is 5.26 Å². The Bertz CT molecular complexity index is 271. The summed E-state index contributed by atoms with van der Waals surface area (Å²) >= 11 is 0. The molecule has 1 amide bonds. The Morgan fingerprint density at radius 1 is 1.73 bits per heavy atom. The molecular formula is C11H19N3O. The van der Waals surface area contributed by atoms with E-state index in [0.29, 0.717) is 6.04 Å². The molecule has 1 fully saturated rings. The summed E-state index contributed by atoms with van der Waals surface area (Å²) in [4.78, 5) is 15.6. The predicted octanol–water partition coefficient (Wildman–Crippen LogP) is 0.699. The molecule has 1 aliphatic heterocycles. The van der Waals surface area contributed by atoms with Gasteiger partial charge in [0, 0.05) is 19.6 Å². The van der Waals surface area contributed by atoms with Crippen molar-refractivity contribution in [2.24, 2.45) is 5.92 Å². The Balaban J connectivity index is 2.45. The minimum Gasteiger partial charge on any atom is -0.343 e. The fourth-order valence-corrected chi connectivity index (χ4v) is 2.00. The molecule has 0 aromatic rings. The van der Waals surface area contributed by atoms with E-state index in [2.05, 4.69) is 11.9 Å². The van der Waals surface area contributed by atoms with Crippen molar-refractivity contribution in [2.75, 3.05) is 27.2 Å². The molecule has 0 aromatic heterocycles. The average Bonchev–Trinajstić information content (AvgIpc) is 2.62. The van der Waals surface area contributed by atoms with E-state index in [9.17, 15) is 4.79 Å². The van der Waals surface area contributed by atoms with Gasteiger partial charge in [-0.15, -0.1) is 0 Å². The molecule has 1 saturated heterocycles. The first kappa shape index (κ1) is 12.0. The van der Waals surface area contributed by atoms with E-state index in [1.807, 2.05) is 6.07 Å². The largest absolute Gasteiger partial charge is 0.343 e. The van der Waals surface area contributed by atoms with E-state index < -0.39 is 5.92 Å². The number of hydrogen-bond donors (Lipinski definition) is 0. The lowest BCUT2D eigenvalue weighted by molar-refractivity contribution is -0.132. The van der Waals surface area contributed by atoms with Crippen LogP contribution in [0.25, 0.3) is 0 Å². The summed E-state index contributed by atoms with van der Waals surface area (Å²) in [5.41, 5.74) is 0. The van der Waals surface area contributed by atoms with Crippen LogP contribution in [0.1, 0.15) is 19.8 Å². The fourth-order valence-electron chi connectivity index (χ4n) is 2.00. The zero-order valence-electron chi connectivity index (χ0n) is 9.73. The molecule has 0 bridgehead atoms. The van der Waals surface area contributed by atoms with Gasteiger partial charge in [-0.25, -0.2) is 0 Å². The fraction of sp³-hybridized carbons (Fsp3) is 0.818. The second kappa shape index (κ2) is 5.13. The molecule has 84 valence electrons. The first-order valence-electron chi connectivity index (χ1n) is 5.41. The molecule has 15 heavy (non-hydrogen) atoms. The highest BCUT2D eigenvalue weighted by molar-refractivity contribution is 5.80. The van der Waals surface area contributed by atoms with E-state index in [1.54, 1.807) is 18.9 Å². The molecule has 1 rings (SSSR count). The lowest BCUT2D eigenvalue weighted by atomic mass is 10.1. The van der Waals surface area contributed by atoms with Gasteiger partial charge in [-0.3, -0.25) is 4.79 Å². The maximum atomic E-state index is 11.7. The Labute approximate surface area is 91.5 Å². The molecule has 2 atom stereocenters. The van der Waals surface area contributed by atoms with Gasteiger partial charge in [-0.1, -0.05) is 0 Å². The molecular weight excluding hydrogens is 190 g/mol. The van der Waals surface area contributed by atoms with Gasteiger partial charge in [0.05, 0.1) is 6.07 Å². The van der Waals surface area contributed by atoms with Crippen molar-refractivity contribution in [2.45, 2.75) is 25.8 Å². The molecule has 1 aliphatic rings. The minimum absolute atomic E-state index is 0.0715. The molecule has 0 N–H and O–H groups in total. The Morgan fingerprint density at radius 2 is 2.40 bits per heavy atom. The maximum Gasteiger partial charge on any atom is 0.239 e. The number of likely N-dealkylation sites (N-methyl/N-ethyl adjacent to an activating group) is 2. The molecule has 2 unspecified atom stereocenters. The lowest BCUT2D eigenvalue weighted by Crippen LogP contribution is -2.41. The Kier molecular flexibility index (Phi) is 4.10. The summed E-state index contributed by atoms with van der Waals surface area (Å²) in [5, 5.41) is 8.66. The van der Waals surface area contributed by atoms with Gasteiger partial charge in [0.15, 0.2) is 0 Å². The van der Waals surface area contributed by atoms with Crippen molar-refractivity contribution >= 4 is 5.91 Å². The van der Waals surface area contributed by atoms with Crippen molar-refractivity contribution < 1.29 is 4.79 Å². The van der Waals surface area contributed by atoms with E-state index in [0.717, 1.165) is 19.5 Å². The molecule has 0 aromatic carbocycles. The van der Waals surface area contributed by atoms with Gasteiger partial charge in [-0.05, 0) is 33.4 Å². The van der Waals surface area contributed by atoms with Gasteiger partial charge in [0.25, 0.3) is 0 Å². The lowest BCUT2D eigenvalue weighted by Gasteiger charge is -2.26. The van der Waals surface area contributed by atoms with Crippen LogP contribution in [0, 0.1) is 17.2 Å². The molecule has 4 heteroatoms. The highest BCUT2D eigenvalue weighted by Crippen LogP contribution is 2.16. The zero-order chi connectivity index (χ0) is 11.4. The zero-order valence-corrected chi connectivity index (χ0v) is 9.73. The van der Waals surface area contributed by atoms with E-state index in [1.165, 1.54) is 6.42 Å². The molecule has 0 spiro atoms. The Morgan fingerprint density at radius 3 is 2.87 bits per heavy atom. The van der Waals surface area contributed by atoms with Crippen LogP contribution in [0.5, 0.6) is 0 Å². The van der Waals surface area contributed by atoms with E-state index >= 15 is 0 Å². The first-order valence-corrected chi connectivity index (χ1v) is 5.41. The first-order chi connectivity index (χ1) is 7.06. The van der Waals surface area contributed by atoms with E-state index in [-0.39, 0.29) is 5.91 Å². The summed E-state index contributed by atoms with van der Waals surface area (Å²) in [6.45, 7) is 3.50. The quantitative estimate of drug-likeness (QED) is 0.687. The molecule has 0 aliphatic carbocycles. The van der Waals surface area contributed by atoms with Crippen LogP contribution in [0.4, 0.5) is 0 Å². The third-order valence-electron chi connectivity index (χ3n) is 3.10. The summed E-state index contributed by atoms with van der Waals surface area (Å²) in [7, 11) is 3.87. The van der Waals surface area contributed by atoms with Crippen molar-refractivity contribution in [3.63, 3.8) is 0 Å². The standard InChI is InChI=1S/C11H19N3O/c1-9(7-12)11(15)14(3)8-10-5-4-6-13(10)2/h9-10H,4-6,8H2,1-3H3. The van der Waals surface area contributed by atoms with Gasteiger partial charge in [0.1, 0.15) is 5.92 Å². The summed E-state index contributed by atoms with van der Waals surface area (Å²) in [6.07, 6.45) is 2.35.